The molecule has 1 nitrogen and oxygen atoms in total. The Morgan fingerprint density at radius 3 is 2.91 bits per heavy atom. The van der Waals surface area contributed by atoms with Gasteiger partial charge in [-0.3, -0.25) is 4.21 Å². The summed E-state index contributed by atoms with van der Waals surface area (Å²) in [6, 6.07) is 7.90. The van der Waals surface area contributed by atoms with Gasteiger partial charge in [0.1, 0.15) is 0 Å². The number of thioether (sulfide) groups is 1. The second kappa shape index (κ2) is 2.64. The van der Waals surface area contributed by atoms with Gasteiger partial charge in [0.2, 0.25) is 0 Å². The fourth-order valence-electron chi connectivity index (χ4n) is 1.12. The molecule has 1 aliphatic rings. The van der Waals surface area contributed by atoms with Crippen LogP contribution in [0.5, 0.6) is 0 Å². The van der Waals surface area contributed by atoms with Gasteiger partial charge in [0.15, 0.2) is 0 Å². The standard InChI is InChI=1S/C8H8OS2/c1-6-10-7-4-2-3-5-8(7)11(6)9/h2-6H,1H3/t6-,11-/m1/s1. The summed E-state index contributed by atoms with van der Waals surface area (Å²) in [4.78, 5) is 2.18. The van der Waals surface area contributed by atoms with Gasteiger partial charge in [0, 0.05) is 4.90 Å². The molecule has 0 amide bonds. The minimum Gasteiger partial charge on any atom is -0.253 e. The largest absolute Gasteiger partial charge is 0.253 e. The summed E-state index contributed by atoms with van der Waals surface area (Å²) >= 11 is 1.70. The van der Waals surface area contributed by atoms with Gasteiger partial charge in [-0.1, -0.05) is 12.1 Å². The maximum atomic E-state index is 11.5. The first-order chi connectivity index (χ1) is 5.29. The van der Waals surface area contributed by atoms with Crippen LogP contribution in [0.3, 0.4) is 0 Å². The Hall–Kier alpha value is -0.280. The Morgan fingerprint density at radius 1 is 1.45 bits per heavy atom. The summed E-state index contributed by atoms with van der Waals surface area (Å²) in [6.45, 7) is 2.00. The average molecular weight is 184 g/mol. The van der Waals surface area contributed by atoms with Crippen LogP contribution in [0.2, 0.25) is 0 Å². The molecular weight excluding hydrogens is 176 g/mol. The van der Waals surface area contributed by atoms with Gasteiger partial charge in [-0.2, -0.15) is 0 Å². The highest BCUT2D eigenvalue weighted by molar-refractivity contribution is 8.13. The van der Waals surface area contributed by atoms with Crippen molar-refractivity contribution in [2.24, 2.45) is 0 Å². The van der Waals surface area contributed by atoms with Gasteiger partial charge in [0.05, 0.1) is 20.3 Å². The van der Waals surface area contributed by atoms with Crippen LogP contribution in [0.4, 0.5) is 0 Å². The van der Waals surface area contributed by atoms with E-state index in [1.54, 1.807) is 11.8 Å². The Balaban J connectivity index is 2.55. The molecule has 0 aromatic heterocycles. The first-order valence-corrected chi connectivity index (χ1v) is 5.54. The zero-order valence-electron chi connectivity index (χ0n) is 6.11. The topological polar surface area (TPSA) is 17.1 Å². The molecule has 0 bridgehead atoms. The third-order valence-electron chi connectivity index (χ3n) is 1.66. The number of rotatable bonds is 0. The van der Waals surface area contributed by atoms with Gasteiger partial charge in [0.25, 0.3) is 0 Å². The monoisotopic (exact) mass is 184 g/mol. The maximum Gasteiger partial charge on any atom is 0.0867 e. The molecule has 0 aliphatic carbocycles. The van der Waals surface area contributed by atoms with E-state index in [2.05, 4.69) is 0 Å². The van der Waals surface area contributed by atoms with E-state index in [1.165, 1.54) is 4.90 Å². The SMILES string of the molecule is C[C@@H]1Sc2ccccc2[S@@]1=O. The molecule has 2 atom stereocenters. The lowest BCUT2D eigenvalue weighted by atomic mass is 10.4. The Morgan fingerprint density at radius 2 is 2.18 bits per heavy atom. The van der Waals surface area contributed by atoms with Gasteiger partial charge in [-0.05, 0) is 19.1 Å². The third-order valence-corrected chi connectivity index (χ3v) is 4.94. The maximum absolute atomic E-state index is 11.5. The van der Waals surface area contributed by atoms with Crippen LogP contribution in [0, 0.1) is 0 Å². The Bertz CT molecular complexity index is 309. The van der Waals surface area contributed by atoms with Crippen LogP contribution >= 0.6 is 11.8 Å². The third kappa shape index (κ3) is 1.12. The molecule has 11 heavy (non-hydrogen) atoms. The summed E-state index contributed by atoms with van der Waals surface area (Å²) in [6.07, 6.45) is 0. The van der Waals surface area contributed by atoms with Crippen molar-refractivity contribution in [3.63, 3.8) is 0 Å². The van der Waals surface area contributed by atoms with Gasteiger partial charge in [-0.15, -0.1) is 11.8 Å². The highest BCUT2D eigenvalue weighted by Crippen LogP contribution is 2.39. The van der Waals surface area contributed by atoms with Gasteiger partial charge in [-0.25, -0.2) is 0 Å². The van der Waals surface area contributed by atoms with E-state index in [4.69, 9.17) is 0 Å². The van der Waals surface area contributed by atoms with E-state index in [0.717, 1.165) is 4.90 Å². The van der Waals surface area contributed by atoms with Crippen LogP contribution in [0.1, 0.15) is 6.92 Å². The van der Waals surface area contributed by atoms with Gasteiger partial charge >= 0.3 is 0 Å². The molecule has 0 unspecified atom stereocenters. The zero-order chi connectivity index (χ0) is 7.84. The minimum atomic E-state index is -0.780. The highest BCUT2D eigenvalue weighted by atomic mass is 32.2. The van der Waals surface area contributed by atoms with E-state index in [9.17, 15) is 4.21 Å². The van der Waals surface area contributed by atoms with Crippen molar-refractivity contribution in [1.29, 1.82) is 0 Å². The molecule has 1 aliphatic heterocycles. The molecule has 58 valence electrons. The molecule has 0 N–H and O–H groups in total. The number of benzene rings is 1. The lowest BCUT2D eigenvalue weighted by molar-refractivity contribution is 0.682. The molecule has 1 aromatic carbocycles. The predicted octanol–water partition coefficient (Wildman–Crippen LogP) is 2.25. The summed E-state index contributed by atoms with van der Waals surface area (Å²) in [5.74, 6) is 0. The van der Waals surface area contributed by atoms with Crippen molar-refractivity contribution in [1.82, 2.24) is 0 Å². The number of hydrogen-bond donors (Lipinski definition) is 0. The molecule has 0 saturated heterocycles. The van der Waals surface area contributed by atoms with Crippen molar-refractivity contribution in [2.45, 2.75) is 21.3 Å². The van der Waals surface area contributed by atoms with Crippen LogP contribution < -0.4 is 0 Å². The zero-order valence-corrected chi connectivity index (χ0v) is 7.74. The van der Waals surface area contributed by atoms with Crippen LogP contribution in [-0.2, 0) is 10.8 Å². The van der Waals surface area contributed by atoms with E-state index in [0.29, 0.717) is 0 Å². The van der Waals surface area contributed by atoms with E-state index < -0.39 is 10.8 Å². The second-order valence-corrected chi connectivity index (χ2v) is 5.85. The quantitative estimate of drug-likeness (QED) is 0.615. The molecule has 2 rings (SSSR count). The molecule has 0 radical (unpaired) electrons. The molecule has 0 spiro atoms. The minimum absolute atomic E-state index is 0.229. The summed E-state index contributed by atoms with van der Waals surface area (Å²) in [5, 5.41) is 0. The lowest BCUT2D eigenvalue weighted by Gasteiger charge is -1.94. The Kier molecular flexibility index (Phi) is 1.77. The van der Waals surface area contributed by atoms with Crippen LogP contribution in [0.15, 0.2) is 34.1 Å². The van der Waals surface area contributed by atoms with Crippen molar-refractivity contribution < 1.29 is 4.21 Å². The number of hydrogen-bond acceptors (Lipinski definition) is 2. The van der Waals surface area contributed by atoms with Crippen LogP contribution in [-0.4, -0.2) is 8.79 Å². The summed E-state index contributed by atoms with van der Waals surface area (Å²) in [7, 11) is -0.780. The second-order valence-electron chi connectivity index (χ2n) is 2.43. The van der Waals surface area contributed by atoms with E-state index in [-0.39, 0.29) is 4.58 Å². The van der Waals surface area contributed by atoms with Crippen molar-refractivity contribution in [3.8, 4) is 0 Å². The molecule has 3 heteroatoms. The van der Waals surface area contributed by atoms with Crippen molar-refractivity contribution in [3.05, 3.63) is 24.3 Å². The molecule has 1 aromatic rings. The normalized spacial score (nSPS) is 28.5. The van der Waals surface area contributed by atoms with E-state index in [1.807, 2.05) is 31.2 Å². The van der Waals surface area contributed by atoms with Crippen molar-refractivity contribution >= 4 is 22.6 Å². The van der Waals surface area contributed by atoms with Crippen molar-refractivity contribution in [2.75, 3.05) is 0 Å². The fourth-order valence-corrected chi connectivity index (χ4v) is 4.01. The first kappa shape index (κ1) is 7.37. The predicted molar refractivity (Wildman–Crippen MR) is 48.2 cm³/mol. The average Bonchev–Trinajstić information content (AvgIpc) is 2.30. The Labute approximate surface area is 72.7 Å². The number of fused-ring (bicyclic) bond motifs is 1. The summed E-state index contributed by atoms with van der Waals surface area (Å²) in [5.41, 5.74) is 0. The molecule has 0 fully saturated rings. The molecule has 0 saturated carbocycles. The van der Waals surface area contributed by atoms with E-state index >= 15 is 0 Å². The first-order valence-electron chi connectivity index (χ1n) is 3.45. The van der Waals surface area contributed by atoms with Crippen LogP contribution in [0.25, 0.3) is 0 Å². The van der Waals surface area contributed by atoms with Gasteiger partial charge < -0.3 is 0 Å². The highest BCUT2D eigenvalue weighted by Gasteiger charge is 2.25. The molecule has 1 heterocycles. The summed E-state index contributed by atoms with van der Waals surface area (Å²) < 4.78 is 11.7. The lowest BCUT2D eigenvalue weighted by Crippen LogP contribution is -1.97. The fraction of sp³-hybridized carbons (Fsp3) is 0.250. The molecular formula is C8H8OS2. The smallest absolute Gasteiger partial charge is 0.0867 e.